The minimum atomic E-state index is -3.73. The molecule has 0 spiro atoms. The van der Waals surface area contributed by atoms with Crippen LogP contribution in [0.25, 0.3) is 0 Å². The van der Waals surface area contributed by atoms with Crippen molar-refractivity contribution < 1.29 is 17.9 Å². The minimum Gasteiger partial charge on any atom is -0.462 e. The molecular weight excluding hydrogens is 348 g/mol. The van der Waals surface area contributed by atoms with E-state index in [4.69, 9.17) is 10.5 Å². The molecule has 0 saturated carbocycles. The molecule has 0 aromatic heterocycles. The molecule has 0 fully saturated rings. The smallest absolute Gasteiger partial charge is 0.338 e. The molecule has 1 aromatic carbocycles. The van der Waals surface area contributed by atoms with E-state index < -0.39 is 22.0 Å². The molecule has 1 atom stereocenters. The van der Waals surface area contributed by atoms with Gasteiger partial charge >= 0.3 is 5.97 Å². The SMILES string of the molecule is CCOC(=O)c1cc(Br)cc(S(=O)(=O)N[C@@H](C)CN)c1. The van der Waals surface area contributed by atoms with E-state index in [2.05, 4.69) is 20.7 Å². The number of halogens is 1. The maximum Gasteiger partial charge on any atom is 0.338 e. The molecular formula is C12H17BrN2O4S. The summed E-state index contributed by atoms with van der Waals surface area (Å²) in [6, 6.07) is 3.79. The molecule has 1 rings (SSSR count). The second kappa shape index (κ2) is 7.16. The summed E-state index contributed by atoms with van der Waals surface area (Å²) >= 11 is 3.18. The Kier molecular flexibility index (Phi) is 6.12. The highest BCUT2D eigenvalue weighted by Crippen LogP contribution is 2.20. The second-order valence-corrected chi connectivity index (χ2v) is 6.78. The van der Waals surface area contributed by atoms with E-state index >= 15 is 0 Å². The number of nitrogens with one attached hydrogen (secondary N) is 1. The number of esters is 1. The Bertz CT molecular complexity index is 589. The molecule has 20 heavy (non-hydrogen) atoms. The Morgan fingerprint density at radius 3 is 2.65 bits per heavy atom. The third kappa shape index (κ3) is 4.55. The standard InChI is InChI=1S/C12H17BrN2O4S/c1-3-19-12(16)9-4-10(13)6-11(5-9)20(17,18)15-8(2)7-14/h4-6,8,15H,3,7,14H2,1-2H3/t8-/m0/s1. The predicted molar refractivity (Wildman–Crippen MR) is 78.9 cm³/mol. The average Bonchev–Trinajstić information content (AvgIpc) is 2.37. The predicted octanol–water partition coefficient (Wildman–Crippen LogP) is 1.25. The van der Waals surface area contributed by atoms with Crippen LogP contribution in [-0.2, 0) is 14.8 Å². The van der Waals surface area contributed by atoms with Crippen molar-refractivity contribution in [2.75, 3.05) is 13.2 Å². The monoisotopic (exact) mass is 364 g/mol. The fourth-order valence-electron chi connectivity index (χ4n) is 1.43. The van der Waals surface area contributed by atoms with Gasteiger partial charge in [0.15, 0.2) is 0 Å². The van der Waals surface area contributed by atoms with Gasteiger partial charge in [0.25, 0.3) is 0 Å². The van der Waals surface area contributed by atoms with Crippen LogP contribution < -0.4 is 10.5 Å². The van der Waals surface area contributed by atoms with Gasteiger partial charge in [0.1, 0.15) is 0 Å². The van der Waals surface area contributed by atoms with Crippen LogP contribution in [0.4, 0.5) is 0 Å². The maximum atomic E-state index is 12.1. The van der Waals surface area contributed by atoms with Gasteiger partial charge in [-0.3, -0.25) is 0 Å². The summed E-state index contributed by atoms with van der Waals surface area (Å²) in [6.45, 7) is 3.73. The summed E-state index contributed by atoms with van der Waals surface area (Å²) in [6.07, 6.45) is 0. The fourth-order valence-corrected chi connectivity index (χ4v) is 3.40. The number of rotatable bonds is 6. The van der Waals surface area contributed by atoms with Gasteiger partial charge in [-0.15, -0.1) is 0 Å². The van der Waals surface area contributed by atoms with Gasteiger partial charge in [-0.1, -0.05) is 15.9 Å². The first kappa shape index (κ1) is 17.1. The van der Waals surface area contributed by atoms with E-state index in [1.807, 2.05) is 0 Å². The minimum absolute atomic E-state index is 0.0183. The van der Waals surface area contributed by atoms with Crippen molar-refractivity contribution in [1.82, 2.24) is 4.72 Å². The zero-order valence-corrected chi connectivity index (χ0v) is 13.6. The number of benzene rings is 1. The number of carbonyl (C=O) groups excluding carboxylic acids is 1. The topological polar surface area (TPSA) is 98.5 Å². The lowest BCUT2D eigenvalue weighted by Crippen LogP contribution is -2.37. The van der Waals surface area contributed by atoms with Gasteiger partial charge in [-0.05, 0) is 32.0 Å². The summed E-state index contributed by atoms with van der Waals surface area (Å²) in [4.78, 5) is 11.7. The van der Waals surface area contributed by atoms with E-state index in [1.54, 1.807) is 13.8 Å². The molecule has 0 radical (unpaired) electrons. The van der Waals surface area contributed by atoms with Gasteiger partial charge < -0.3 is 10.5 Å². The Hall–Kier alpha value is -0.960. The Labute approximate surface area is 126 Å². The lowest BCUT2D eigenvalue weighted by atomic mass is 10.2. The number of sulfonamides is 1. The van der Waals surface area contributed by atoms with Crippen LogP contribution in [0.2, 0.25) is 0 Å². The van der Waals surface area contributed by atoms with E-state index in [0.717, 1.165) is 0 Å². The van der Waals surface area contributed by atoms with Gasteiger partial charge in [0.05, 0.1) is 17.1 Å². The van der Waals surface area contributed by atoms with Crippen molar-refractivity contribution in [2.24, 2.45) is 5.73 Å². The van der Waals surface area contributed by atoms with Crippen LogP contribution in [0.1, 0.15) is 24.2 Å². The van der Waals surface area contributed by atoms with E-state index in [-0.39, 0.29) is 23.6 Å². The van der Waals surface area contributed by atoms with Crippen molar-refractivity contribution in [3.05, 3.63) is 28.2 Å². The first-order valence-corrected chi connectivity index (χ1v) is 8.28. The molecule has 0 unspecified atom stereocenters. The van der Waals surface area contributed by atoms with Crippen LogP contribution in [0.15, 0.2) is 27.6 Å². The van der Waals surface area contributed by atoms with Crippen molar-refractivity contribution in [2.45, 2.75) is 24.8 Å². The summed E-state index contributed by atoms with van der Waals surface area (Å²) in [7, 11) is -3.73. The normalized spacial score (nSPS) is 13.0. The zero-order chi connectivity index (χ0) is 15.3. The lowest BCUT2D eigenvalue weighted by molar-refractivity contribution is 0.0526. The van der Waals surface area contributed by atoms with Crippen molar-refractivity contribution in [1.29, 1.82) is 0 Å². The number of nitrogens with two attached hydrogens (primary N) is 1. The zero-order valence-electron chi connectivity index (χ0n) is 11.2. The van der Waals surface area contributed by atoms with E-state index in [9.17, 15) is 13.2 Å². The largest absolute Gasteiger partial charge is 0.462 e. The highest BCUT2D eigenvalue weighted by atomic mass is 79.9. The summed E-state index contributed by atoms with van der Waals surface area (Å²) in [5.74, 6) is -0.572. The van der Waals surface area contributed by atoms with E-state index in [0.29, 0.717) is 4.47 Å². The molecule has 1 aromatic rings. The molecule has 0 heterocycles. The van der Waals surface area contributed by atoms with Crippen LogP contribution in [0, 0.1) is 0 Å². The van der Waals surface area contributed by atoms with Crippen LogP contribution in [0.5, 0.6) is 0 Å². The van der Waals surface area contributed by atoms with Crippen LogP contribution in [0.3, 0.4) is 0 Å². The Morgan fingerprint density at radius 2 is 2.10 bits per heavy atom. The van der Waals surface area contributed by atoms with Crippen molar-refractivity contribution in [3.8, 4) is 0 Å². The molecule has 0 amide bonds. The van der Waals surface area contributed by atoms with Crippen molar-refractivity contribution >= 4 is 31.9 Å². The maximum absolute atomic E-state index is 12.1. The molecule has 6 nitrogen and oxygen atoms in total. The van der Waals surface area contributed by atoms with Crippen LogP contribution in [-0.4, -0.2) is 33.6 Å². The third-order valence-electron chi connectivity index (χ3n) is 2.40. The number of hydrogen-bond donors (Lipinski definition) is 2. The molecule has 0 aliphatic heterocycles. The Morgan fingerprint density at radius 1 is 1.45 bits per heavy atom. The number of hydrogen-bond acceptors (Lipinski definition) is 5. The van der Waals surface area contributed by atoms with Crippen molar-refractivity contribution in [3.63, 3.8) is 0 Å². The summed E-state index contributed by atoms with van der Waals surface area (Å²) in [5, 5.41) is 0. The molecule has 8 heteroatoms. The van der Waals surface area contributed by atoms with Gasteiger partial charge in [-0.2, -0.15) is 0 Å². The molecule has 0 bridgehead atoms. The summed E-state index contributed by atoms with van der Waals surface area (Å²) < 4.78 is 32.0. The molecule has 0 saturated heterocycles. The average molecular weight is 365 g/mol. The lowest BCUT2D eigenvalue weighted by Gasteiger charge is -2.13. The first-order chi connectivity index (χ1) is 9.30. The fraction of sp³-hybridized carbons (Fsp3) is 0.417. The molecule has 0 aliphatic carbocycles. The number of ether oxygens (including phenoxy) is 1. The second-order valence-electron chi connectivity index (χ2n) is 4.15. The number of carbonyl (C=O) groups is 1. The first-order valence-electron chi connectivity index (χ1n) is 6.00. The van der Waals surface area contributed by atoms with Gasteiger partial charge in [0, 0.05) is 17.1 Å². The highest BCUT2D eigenvalue weighted by Gasteiger charge is 2.19. The van der Waals surface area contributed by atoms with Crippen LogP contribution >= 0.6 is 15.9 Å². The van der Waals surface area contributed by atoms with Gasteiger partial charge in [0.2, 0.25) is 10.0 Å². The third-order valence-corrected chi connectivity index (χ3v) is 4.43. The quantitative estimate of drug-likeness (QED) is 0.740. The van der Waals surface area contributed by atoms with E-state index in [1.165, 1.54) is 18.2 Å². The molecule has 112 valence electrons. The highest BCUT2D eigenvalue weighted by molar-refractivity contribution is 9.10. The molecule has 3 N–H and O–H groups in total. The van der Waals surface area contributed by atoms with Gasteiger partial charge in [-0.25, -0.2) is 17.9 Å². The molecule has 0 aliphatic rings. The Balaban J connectivity index is 3.16. The summed E-state index contributed by atoms with van der Waals surface area (Å²) in [5.41, 5.74) is 5.56.